The predicted molar refractivity (Wildman–Crippen MR) is 79.6 cm³/mol. The van der Waals surface area contributed by atoms with Crippen LogP contribution in [0.4, 0.5) is 14.6 Å². The van der Waals surface area contributed by atoms with Crippen LogP contribution >= 0.6 is 0 Å². The largest absolute Gasteiger partial charge is 0.473 e. The molecule has 0 unspecified atom stereocenters. The Morgan fingerprint density at radius 1 is 1.17 bits per heavy atom. The van der Waals surface area contributed by atoms with Crippen molar-refractivity contribution in [2.24, 2.45) is 0 Å². The number of hydrogen-bond donors (Lipinski definition) is 0. The lowest BCUT2D eigenvalue weighted by atomic mass is 10.2. The van der Waals surface area contributed by atoms with Crippen molar-refractivity contribution < 1.29 is 13.5 Å². The lowest BCUT2D eigenvalue weighted by Gasteiger charge is -2.17. The van der Waals surface area contributed by atoms with E-state index in [1.165, 1.54) is 6.07 Å². The first-order valence-electron chi connectivity index (χ1n) is 7.57. The highest BCUT2D eigenvalue weighted by molar-refractivity contribution is 5.47. The number of aromatic nitrogens is 2. The second-order valence-electron chi connectivity index (χ2n) is 5.85. The van der Waals surface area contributed by atoms with Crippen LogP contribution in [0.15, 0.2) is 29.1 Å². The maximum Gasteiger partial charge on any atom is 0.352 e. The van der Waals surface area contributed by atoms with Gasteiger partial charge in [-0.25, -0.2) is 13.6 Å². The molecular weight excluding hydrogens is 304 g/mol. The monoisotopic (exact) mass is 319 g/mol. The number of halogens is 2. The van der Waals surface area contributed by atoms with Crippen molar-refractivity contribution in [1.29, 1.82) is 0 Å². The summed E-state index contributed by atoms with van der Waals surface area (Å²) >= 11 is 0. The Bertz CT molecular complexity index is 817. The molecule has 1 aromatic heterocycles. The third-order valence-corrected chi connectivity index (χ3v) is 4.18. The van der Waals surface area contributed by atoms with E-state index in [9.17, 15) is 13.6 Å². The van der Waals surface area contributed by atoms with Gasteiger partial charge in [0.15, 0.2) is 11.6 Å². The Labute approximate surface area is 131 Å². The molecule has 23 heavy (non-hydrogen) atoms. The third kappa shape index (κ3) is 2.67. The molecule has 4 rings (SSSR count). The standard InChI is InChI=1S/C16H15F2N3O2/c17-12-4-1-10(7-13(12)18)9-23-14-8-15-20(11-2-3-11)5-6-21(15)16(22)19-14/h1,4,7-8,11H,2-3,5-6,9H2. The van der Waals surface area contributed by atoms with Crippen molar-refractivity contribution in [1.82, 2.24) is 9.55 Å². The molecule has 0 atom stereocenters. The van der Waals surface area contributed by atoms with Crippen molar-refractivity contribution in [2.45, 2.75) is 32.0 Å². The average molecular weight is 319 g/mol. The molecule has 1 fully saturated rings. The first-order valence-corrected chi connectivity index (χ1v) is 7.57. The quantitative estimate of drug-likeness (QED) is 0.866. The van der Waals surface area contributed by atoms with Crippen molar-refractivity contribution in [2.75, 3.05) is 11.4 Å². The minimum atomic E-state index is -0.923. The van der Waals surface area contributed by atoms with Crippen molar-refractivity contribution in [3.05, 3.63) is 51.9 Å². The van der Waals surface area contributed by atoms with Gasteiger partial charge in [0, 0.05) is 25.2 Å². The first kappa shape index (κ1) is 14.2. The summed E-state index contributed by atoms with van der Waals surface area (Å²) in [7, 11) is 0. The molecule has 1 aliphatic carbocycles. The summed E-state index contributed by atoms with van der Waals surface area (Å²) in [6, 6.07) is 5.81. The second kappa shape index (κ2) is 5.33. The fraction of sp³-hybridized carbons (Fsp3) is 0.375. The summed E-state index contributed by atoms with van der Waals surface area (Å²) in [5, 5.41) is 0. The zero-order valence-electron chi connectivity index (χ0n) is 12.3. The third-order valence-electron chi connectivity index (χ3n) is 4.18. The molecular formula is C16H15F2N3O2. The second-order valence-corrected chi connectivity index (χ2v) is 5.85. The molecule has 1 saturated carbocycles. The van der Waals surface area contributed by atoms with Gasteiger partial charge in [-0.15, -0.1) is 0 Å². The molecule has 0 radical (unpaired) electrons. The number of nitrogens with zero attached hydrogens (tertiary/aromatic N) is 3. The lowest BCUT2D eigenvalue weighted by molar-refractivity contribution is 0.290. The van der Waals surface area contributed by atoms with Crippen LogP contribution in [-0.2, 0) is 13.2 Å². The fourth-order valence-corrected chi connectivity index (χ4v) is 2.86. The van der Waals surface area contributed by atoms with Gasteiger partial charge in [-0.1, -0.05) is 6.07 Å². The van der Waals surface area contributed by atoms with Gasteiger partial charge in [-0.3, -0.25) is 4.57 Å². The Morgan fingerprint density at radius 3 is 2.74 bits per heavy atom. The van der Waals surface area contributed by atoms with E-state index in [0.29, 0.717) is 18.2 Å². The van der Waals surface area contributed by atoms with E-state index in [4.69, 9.17) is 4.74 Å². The Hall–Kier alpha value is -2.44. The van der Waals surface area contributed by atoms with E-state index >= 15 is 0 Å². The highest BCUT2D eigenvalue weighted by Crippen LogP contribution is 2.34. The van der Waals surface area contributed by atoms with E-state index < -0.39 is 11.6 Å². The molecule has 2 aromatic rings. The molecule has 0 saturated heterocycles. The van der Waals surface area contributed by atoms with Crippen LogP contribution in [0.2, 0.25) is 0 Å². The predicted octanol–water partition coefficient (Wildman–Crippen LogP) is 2.08. The molecule has 0 N–H and O–H groups in total. The van der Waals surface area contributed by atoms with Crippen LogP contribution < -0.4 is 15.3 Å². The minimum absolute atomic E-state index is 0.0243. The Morgan fingerprint density at radius 2 is 2.00 bits per heavy atom. The zero-order chi connectivity index (χ0) is 16.0. The number of fused-ring (bicyclic) bond motifs is 1. The van der Waals surface area contributed by atoms with Gasteiger partial charge in [-0.2, -0.15) is 4.98 Å². The molecule has 5 nitrogen and oxygen atoms in total. The Balaban J connectivity index is 1.55. The van der Waals surface area contributed by atoms with E-state index in [1.807, 2.05) is 0 Å². The SMILES string of the molecule is O=c1nc(OCc2ccc(F)c(F)c2)cc2n1CCN2C1CC1. The zero-order valence-corrected chi connectivity index (χ0v) is 12.3. The van der Waals surface area contributed by atoms with Gasteiger partial charge in [0.25, 0.3) is 0 Å². The van der Waals surface area contributed by atoms with Gasteiger partial charge in [-0.05, 0) is 30.5 Å². The molecule has 0 bridgehead atoms. The number of anilines is 1. The van der Waals surface area contributed by atoms with Gasteiger partial charge in [0.2, 0.25) is 5.88 Å². The van der Waals surface area contributed by atoms with Crippen LogP contribution in [0.5, 0.6) is 5.88 Å². The van der Waals surface area contributed by atoms with Crippen LogP contribution in [0.3, 0.4) is 0 Å². The maximum atomic E-state index is 13.2. The molecule has 0 spiro atoms. The van der Waals surface area contributed by atoms with Crippen LogP contribution in [0.25, 0.3) is 0 Å². The van der Waals surface area contributed by atoms with E-state index in [1.54, 1.807) is 10.6 Å². The maximum absolute atomic E-state index is 13.2. The number of benzene rings is 1. The molecule has 1 aromatic carbocycles. The summed E-state index contributed by atoms with van der Waals surface area (Å²) < 4.78 is 33.2. The fourth-order valence-electron chi connectivity index (χ4n) is 2.86. The summed E-state index contributed by atoms with van der Waals surface area (Å²) in [4.78, 5) is 18.2. The molecule has 2 heterocycles. The van der Waals surface area contributed by atoms with E-state index in [-0.39, 0.29) is 18.2 Å². The lowest BCUT2D eigenvalue weighted by Crippen LogP contribution is -2.24. The van der Waals surface area contributed by atoms with Crippen LogP contribution in [0.1, 0.15) is 18.4 Å². The molecule has 120 valence electrons. The summed E-state index contributed by atoms with van der Waals surface area (Å²) in [5.74, 6) is -0.790. The summed E-state index contributed by atoms with van der Waals surface area (Å²) in [6.07, 6.45) is 2.28. The van der Waals surface area contributed by atoms with Gasteiger partial charge < -0.3 is 9.64 Å². The van der Waals surface area contributed by atoms with E-state index in [2.05, 4.69) is 9.88 Å². The number of ether oxygens (including phenoxy) is 1. The molecule has 1 aliphatic heterocycles. The van der Waals surface area contributed by atoms with Crippen LogP contribution in [-0.4, -0.2) is 22.1 Å². The number of hydrogen-bond acceptors (Lipinski definition) is 4. The highest BCUT2D eigenvalue weighted by Gasteiger charge is 2.34. The highest BCUT2D eigenvalue weighted by atomic mass is 19.2. The average Bonchev–Trinajstić information content (AvgIpc) is 3.28. The van der Waals surface area contributed by atoms with Gasteiger partial charge in [0.1, 0.15) is 12.4 Å². The van der Waals surface area contributed by atoms with Crippen molar-refractivity contribution in [3.63, 3.8) is 0 Å². The summed E-state index contributed by atoms with van der Waals surface area (Å²) in [6.45, 7) is 1.48. The first-order chi connectivity index (χ1) is 11.1. The van der Waals surface area contributed by atoms with Gasteiger partial charge in [0.05, 0.1) is 0 Å². The normalized spacial score (nSPS) is 16.5. The summed E-state index contributed by atoms with van der Waals surface area (Å²) in [5.41, 5.74) is 0.135. The van der Waals surface area contributed by atoms with Crippen molar-refractivity contribution in [3.8, 4) is 5.88 Å². The smallest absolute Gasteiger partial charge is 0.352 e. The Kier molecular flexibility index (Phi) is 3.28. The molecule has 7 heteroatoms. The van der Waals surface area contributed by atoms with E-state index in [0.717, 1.165) is 37.3 Å². The molecule has 0 amide bonds. The topological polar surface area (TPSA) is 47.4 Å². The van der Waals surface area contributed by atoms with Crippen molar-refractivity contribution >= 4 is 5.82 Å². The number of rotatable bonds is 4. The molecule has 2 aliphatic rings. The van der Waals surface area contributed by atoms with Gasteiger partial charge >= 0.3 is 5.69 Å². The minimum Gasteiger partial charge on any atom is -0.473 e. The van der Waals surface area contributed by atoms with Crippen LogP contribution in [0, 0.1) is 11.6 Å².